The number of nitrogens with zero attached hydrogens (tertiary/aromatic N) is 4. The van der Waals surface area contributed by atoms with Crippen LogP contribution in [0.4, 0.5) is 5.88 Å². The Bertz CT molecular complexity index is 1010. The fraction of sp³-hybridized carbons (Fsp3) is 0.286. The number of benzene rings is 1. The number of hydrogen-bond acceptors (Lipinski definition) is 8. The predicted octanol–water partition coefficient (Wildman–Crippen LogP) is 3.44. The lowest BCUT2D eigenvalue weighted by atomic mass is 10.1. The second kappa shape index (κ2) is 10.0. The van der Waals surface area contributed by atoms with E-state index < -0.39 is 0 Å². The number of hydrogen-bond donors (Lipinski definition) is 1. The summed E-state index contributed by atoms with van der Waals surface area (Å²) in [7, 11) is 4.67. The van der Waals surface area contributed by atoms with Gasteiger partial charge in [-0.05, 0) is 30.2 Å². The Hall–Kier alpha value is -3.93. The number of ether oxygens (including phenoxy) is 3. The molecule has 0 saturated heterocycles. The summed E-state index contributed by atoms with van der Waals surface area (Å²) in [5, 5.41) is 12.4. The van der Waals surface area contributed by atoms with Crippen molar-refractivity contribution in [3.05, 3.63) is 48.0 Å². The Morgan fingerprint density at radius 2 is 1.93 bits per heavy atom. The van der Waals surface area contributed by atoms with Crippen molar-refractivity contribution in [3.63, 3.8) is 0 Å². The summed E-state index contributed by atoms with van der Waals surface area (Å²) in [6, 6.07) is 5.66. The molecule has 0 atom stereocenters. The summed E-state index contributed by atoms with van der Waals surface area (Å²) < 4.78 is 23.7. The maximum atomic E-state index is 9.32. The number of imidazole rings is 1. The topological polar surface area (TPSA) is 107 Å². The highest BCUT2D eigenvalue weighted by atomic mass is 16.5. The predicted molar refractivity (Wildman–Crippen MR) is 112 cm³/mol. The van der Waals surface area contributed by atoms with Crippen molar-refractivity contribution >= 4 is 18.0 Å². The molecule has 156 valence electrons. The number of nitriles is 1. The first-order valence-corrected chi connectivity index (χ1v) is 9.27. The largest absolute Gasteiger partial charge is 0.493 e. The number of rotatable bonds is 10. The van der Waals surface area contributed by atoms with Crippen LogP contribution in [0.5, 0.6) is 17.2 Å². The summed E-state index contributed by atoms with van der Waals surface area (Å²) in [6.45, 7) is 1.45. The van der Waals surface area contributed by atoms with Crippen LogP contribution in [0.25, 0.3) is 12.2 Å². The minimum atomic E-state index is 0.210. The van der Waals surface area contributed by atoms with Gasteiger partial charge in [0, 0.05) is 31.6 Å². The molecule has 0 fully saturated rings. The number of methoxy groups -OCH3 is 3. The van der Waals surface area contributed by atoms with Gasteiger partial charge in [-0.2, -0.15) is 10.2 Å². The van der Waals surface area contributed by atoms with E-state index in [0.29, 0.717) is 35.6 Å². The van der Waals surface area contributed by atoms with Crippen LogP contribution in [0, 0.1) is 11.3 Å². The molecule has 1 N–H and O–H groups in total. The van der Waals surface area contributed by atoms with Gasteiger partial charge in [0.15, 0.2) is 11.5 Å². The van der Waals surface area contributed by atoms with E-state index in [1.165, 1.54) is 0 Å². The maximum Gasteiger partial charge on any atom is 0.232 e. The van der Waals surface area contributed by atoms with Crippen molar-refractivity contribution in [1.82, 2.24) is 14.5 Å². The molecule has 0 spiro atoms. The number of oxazole rings is 1. The summed E-state index contributed by atoms with van der Waals surface area (Å²) in [6.07, 6.45) is 9.73. The number of aromatic nitrogens is 3. The van der Waals surface area contributed by atoms with Crippen LogP contribution in [-0.2, 0) is 6.54 Å². The average molecular weight is 409 g/mol. The zero-order valence-electron chi connectivity index (χ0n) is 17.1. The van der Waals surface area contributed by atoms with Crippen LogP contribution in [0.2, 0.25) is 0 Å². The summed E-state index contributed by atoms with van der Waals surface area (Å²) in [4.78, 5) is 8.22. The average Bonchev–Trinajstić information content (AvgIpc) is 3.43. The van der Waals surface area contributed by atoms with Gasteiger partial charge in [-0.1, -0.05) is 0 Å². The van der Waals surface area contributed by atoms with E-state index in [1.807, 2.05) is 16.8 Å². The van der Waals surface area contributed by atoms with Crippen molar-refractivity contribution in [3.8, 4) is 23.3 Å². The van der Waals surface area contributed by atoms with E-state index in [4.69, 9.17) is 18.6 Å². The highest BCUT2D eigenvalue weighted by Gasteiger charge is 2.13. The standard InChI is InChI=1S/C21H23N5O4/c1-27-17-11-15(12-18(28-2)20(17)29-3)5-6-19-25-16(13-22)21(30-19)24-7-4-9-26-10-8-23-14-26/h5-6,8,10-12,14,24H,4,7,9H2,1-3H3. The smallest absolute Gasteiger partial charge is 0.232 e. The van der Waals surface area contributed by atoms with Gasteiger partial charge in [0.05, 0.1) is 27.7 Å². The Balaban J connectivity index is 1.69. The van der Waals surface area contributed by atoms with E-state index in [9.17, 15) is 5.26 Å². The van der Waals surface area contributed by atoms with Crippen LogP contribution in [0.1, 0.15) is 23.6 Å². The third-order valence-electron chi connectivity index (χ3n) is 4.29. The molecule has 1 aromatic carbocycles. The molecule has 0 amide bonds. The van der Waals surface area contributed by atoms with E-state index >= 15 is 0 Å². The molecule has 30 heavy (non-hydrogen) atoms. The molecule has 0 unspecified atom stereocenters. The molecular weight excluding hydrogens is 386 g/mol. The summed E-state index contributed by atoms with van der Waals surface area (Å²) >= 11 is 0. The highest BCUT2D eigenvalue weighted by Crippen LogP contribution is 2.38. The molecule has 9 heteroatoms. The molecule has 0 aliphatic heterocycles. The molecule has 3 aromatic rings. The van der Waals surface area contributed by atoms with Crippen molar-refractivity contribution in [1.29, 1.82) is 5.26 Å². The van der Waals surface area contributed by atoms with E-state index in [2.05, 4.69) is 15.3 Å². The SMILES string of the molecule is COc1cc(C=Cc2nc(C#N)c(NCCCn3ccnc3)o2)cc(OC)c1OC. The van der Waals surface area contributed by atoms with Crippen LogP contribution >= 0.6 is 0 Å². The van der Waals surface area contributed by atoms with Gasteiger partial charge in [0.25, 0.3) is 0 Å². The normalized spacial score (nSPS) is 10.7. The first kappa shape index (κ1) is 20.8. The Morgan fingerprint density at radius 3 is 2.53 bits per heavy atom. The first-order valence-electron chi connectivity index (χ1n) is 9.27. The lowest BCUT2D eigenvalue weighted by Gasteiger charge is -2.12. The molecular formula is C21H23N5O4. The van der Waals surface area contributed by atoms with Crippen LogP contribution in [0.3, 0.4) is 0 Å². The maximum absolute atomic E-state index is 9.32. The molecule has 2 aromatic heterocycles. The Morgan fingerprint density at radius 1 is 1.17 bits per heavy atom. The number of nitrogens with one attached hydrogen (secondary N) is 1. The molecule has 2 heterocycles. The lowest BCUT2D eigenvalue weighted by molar-refractivity contribution is 0.324. The lowest BCUT2D eigenvalue weighted by Crippen LogP contribution is -2.06. The monoisotopic (exact) mass is 409 g/mol. The molecule has 9 nitrogen and oxygen atoms in total. The van der Waals surface area contributed by atoms with E-state index in [0.717, 1.165) is 18.5 Å². The summed E-state index contributed by atoms with van der Waals surface area (Å²) in [5.74, 6) is 2.27. The van der Waals surface area contributed by atoms with Gasteiger partial charge >= 0.3 is 0 Å². The molecule has 0 aliphatic carbocycles. The third kappa shape index (κ3) is 4.91. The Kier molecular flexibility index (Phi) is 6.95. The van der Waals surface area contributed by atoms with Gasteiger partial charge in [-0.3, -0.25) is 0 Å². The third-order valence-corrected chi connectivity index (χ3v) is 4.29. The van der Waals surface area contributed by atoms with Crippen molar-refractivity contribution in [2.75, 3.05) is 33.2 Å². The second-order valence-electron chi connectivity index (χ2n) is 6.21. The minimum absolute atomic E-state index is 0.210. The van der Waals surface area contributed by atoms with Crippen molar-refractivity contribution in [2.24, 2.45) is 0 Å². The summed E-state index contributed by atoms with van der Waals surface area (Å²) in [5.41, 5.74) is 1.01. The molecule has 0 radical (unpaired) electrons. The van der Waals surface area contributed by atoms with E-state index in [1.54, 1.807) is 58.1 Å². The van der Waals surface area contributed by atoms with Gasteiger partial charge < -0.3 is 28.5 Å². The quantitative estimate of drug-likeness (QED) is 0.508. The van der Waals surface area contributed by atoms with E-state index in [-0.39, 0.29) is 5.69 Å². The zero-order valence-corrected chi connectivity index (χ0v) is 17.1. The highest BCUT2D eigenvalue weighted by molar-refractivity contribution is 5.71. The second-order valence-corrected chi connectivity index (χ2v) is 6.21. The van der Waals surface area contributed by atoms with Gasteiger partial charge in [-0.25, -0.2) is 4.98 Å². The Labute approximate surface area is 174 Å². The van der Waals surface area contributed by atoms with Gasteiger partial charge in [0.1, 0.15) is 6.07 Å². The van der Waals surface area contributed by atoms with Gasteiger partial charge in [-0.15, -0.1) is 0 Å². The van der Waals surface area contributed by atoms with Crippen LogP contribution in [-0.4, -0.2) is 42.4 Å². The van der Waals surface area contributed by atoms with Crippen molar-refractivity contribution in [2.45, 2.75) is 13.0 Å². The first-order chi connectivity index (χ1) is 14.7. The molecule has 0 saturated carbocycles. The van der Waals surface area contributed by atoms with Gasteiger partial charge in [0.2, 0.25) is 23.2 Å². The molecule has 3 rings (SSSR count). The number of anilines is 1. The fourth-order valence-electron chi connectivity index (χ4n) is 2.85. The molecule has 0 aliphatic rings. The molecule has 0 bridgehead atoms. The fourth-order valence-corrected chi connectivity index (χ4v) is 2.85. The minimum Gasteiger partial charge on any atom is -0.493 e. The number of aryl methyl sites for hydroxylation is 1. The zero-order chi connectivity index (χ0) is 21.3. The van der Waals surface area contributed by atoms with Crippen LogP contribution < -0.4 is 19.5 Å². The van der Waals surface area contributed by atoms with Crippen molar-refractivity contribution < 1.29 is 18.6 Å². The van der Waals surface area contributed by atoms with Crippen LogP contribution in [0.15, 0.2) is 35.3 Å².